The molecule has 4 heterocycles. The molecule has 46 heavy (non-hydrogen) atoms. The number of fused-ring (bicyclic) bond motifs is 2. The molecule has 1 aromatic heterocycles. The van der Waals surface area contributed by atoms with Crippen molar-refractivity contribution in [3.05, 3.63) is 65.6 Å². The van der Waals surface area contributed by atoms with Gasteiger partial charge < -0.3 is 24.3 Å². The third kappa shape index (κ3) is 7.06. The number of halogens is 1. The SMILES string of the molecule is C=C(F)C(=O)N1CCN(c2nc(OC[C@@H]3CCCN3C)nc3c2CCN(c2cccc4cccc(CC)c24)C3)C[C@@H]1CC#N.S.S. The van der Waals surface area contributed by atoms with Crippen LogP contribution in [0.25, 0.3) is 10.8 Å². The van der Waals surface area contributed by atoms with Crippen molar-refractivity contribution in [3.8, 4) is 12.1 Å². The van der Waals surface area contributed by atoms with Crippen LogP contribution in [0, 0.1) is 11.3 Å². The molecule has 0 spiro atoms. The van der Waals surface area contributed by atoms with Crippen molar-refractivity contribution >= 4 is 55.2 Å². The molecule has 0 saturated carbocycles. The van der Waals surface area contributed by atoms with Gasteiger partial charge in [-0.05, 0) is 56.3 Å². The first-order valence-corrected chi connectivity index (χ1v) is 15.6. The maximum absolute atomic E-state index is 13.8. The molecule has 0 unspecified atom stereocenters. The molecule has 3 aromatic rings. The average molecular weight is 666 g/mol. The lowest BCUT2D eigenvalue weighted by atomic mass is 9.98. The number of benzene rings is 2. The van der Waals surface area contributed by atoms with Gasteiger partial charge in [0.2, 0.25) is 0 Å². The van der Waals surface area contributed by atoms with Gasteiger partial charge in [0, 0.05) is 48.9 Å². The van der Waals surface area contributed by atoms with Gasteiger partial charge in [-0.15, -0.1) is 0 Å². The molecule has 2 atom stereocenters. The predicted molar refractivity (Wildman–Crippen MR) is 190 cm³/mol. The molecule has 0 aliphatic carbocycles. The van der Waals surface area contributed by atoms with Crippen LogP contribution in [0.5, 0.6) is 6.01 Å². The highest BCUT2D eigenvalue weighted by Crippen LogP contribution is 2.36. The summed E-state index contributed by atoms with van der Waals surface area (Å²) in [5.41, 5.74) is 4.51. The molecule has 1 amide bonds. The Kier molecular flexibility index (Phi) is 11.8. The number of carbonyl (C=O) groups is 1. The van der Waals surface area contributed by atoms with E-state index in [1.807, 2.05) is 0 Å². The van der Waals surface area contributed by atoms with Crippen LogP contribution in [0.3, 0.4) is 0 Å². The monoisotopic (exact) mass is 665 g/mol. The standard InChI is InChI=1S/C34H40FN7O2.2H2S/c1-4-24-8-5-9-25-10-6-12-30(31(24)25)40-17-14-28-29(21-40)37-34(44-22-27-11-7-16-39(27)3)38-32(28)41-18-19-42(33(43)23(2)35)26(20-41)13-15-36;;/h5-6,8-10,12,26-27H,2,4,7,11,13-14,16-22H2,1,3H3;2*1H2/t26-,27-;;/m0../s1. The summed E-state index contributed by atoms with van der Waals surface area (Å²) < 4.78 is 20.1. The summed E-state index contributed by atoms with van der Waals surface area (Å²) in [6.07, 6.45) is 4.01. The first-order chi connectivity index (χ1) is 21.4. The molecular weight excluding hydrogens is 622 g/mol. The van der Waals surface area contributed by atoms with E-state index in [-0.39, 0.29) is 40.0 Å². The van der Waals surface area contributed by atoms with Crippen LogP contribution in [-0.2, 0) is 24.2 Å². The molecule has 3 aliphatic rings. The summed E-state index contributed by atoms with van der Waals surface area (Å²) in [5, 5.41) is 12.0. The number of likely N-dealkylation sites (tertiary alicyclic amines) is 1. The first-order valence-electron chi connectivity index (χ1n) is 15.6. The number of ether oxygens (including phenoxy) is 1. The fraction of sp³-hybridized carbons (Fsp3) is 0.471. The van der Waals surface area contributed by atoms with Crippen LogP contribution in [0.1, 0.15) is 43.0 Å². The summed E-state index contributed by atoms with van der Waals surface area (Å²) in [6.45, 7) is 9.47. The Morgan fingerprint density at radius 3 is 2.57 bits per heavy atom. The van der Waals surface area contributed by atoms with Crippen molar-refractivity contribution in [2.75, 3.05) is 56.2 Å². The number of rotatable bonds is 8. The molecule has 0 bridgehead atoms. The van der Waals surface area contributed by atoms with Crippen molar-refractivity contribution in [2.45, 2.75) is 57.7 Å². The molecule has 9 nitrogen and oxygen atoms in total. The zero-order valence-electron chi connectivity index (χ0n) is 26.6. The normalized spacial score (nSPS) is 19.6. The highest BCUT2D eigenvalue weighted by molar-refractivity contribution is 7.59. The summed E-state index contributed by atoms with van der Waals surface area (Å²) in [5.74, 6) is -0.977. The van der Waals surface area contributed by atoms with Crippen molar-refractivity contribution in [1.29, 1.82) is 5.26 Å². The van der Waals surface area contributed by atoms with Gasteiger partial charge in [-0.2, -0.15) is 42.2 Å². The number of hydrogen-bond acceptors (Lipinski definition) is 8. The molecule has 2 saturated heterocycles. The Labute approximate surface area is 284 Å². The molecule has 246 valence electrons. The van der Waals surface area contributed by atoms with Gasteiger partial charge in [0.25, 0.3) is 5.91 Å². The Balaban J connectivity index is 0.00000240. The van der Waals surface area contributed by atoms with Crippen LogP contribution < -0.4 is 14.5 Å². The number of carbonyl (C=O) groups excluding carboxylic acids is 1. The first kappa shape index (κ1) is 35.3. The number of piperazine rings is 1. The maximum Gasteiger partial charge on any atom is 0.318 e. The van der Waals surface area contributed by atoms with Gasteiger partial charge in [-0.1, -0.05) is 43.8 Å². The van der Waals surface area contributed by atoms with E-state index < -0.39 is 17.8 Å². The van der Waals surface area contributed by atoms with Crippen LogP contribution in [0.2, 0.25) is 0 Å². The van der Waals surface area contributed by atoms with Gasteiger partial charge in [0.15, 0.2) is 5.83 Å². The number of aromatic nitrogens is 2. The second-order valence-electron chi connectivity index (χ2n) is 12.0. The average Bonchev–Trinajstić information content (AvgIpc) is 3.46. The second kappa shape index (κ2) is 15.4. The molecule has 2 aromatic carbocycles. The van der Waals surface area contributed by atoms with Gasteiger partial charge in [-0.3, -0.25) is 4.79 Å². The summed E-state index contributed by atoms with van der Waals surface area (Å²) in [7, 11) is 2.12. The molecule has 2 fully saturated rings. The lowest BCUT2D eigenvalue weighted by Gasteiger charge is -2.42. The molecule has 0 radical (unpaired) electrons. The molecule has 3 aliphatic heterocycles. The summed E-state index contributed by atoms with van der Waals surface area (Å²) in [6, 6.07) is 15.3. The van der Waals surface area contributed by atoms with E-state index >= 15 is 0 Å². The van der Waals surface area contributed by atoms with E-state index in [1.54, 1.807) is 0 Å². The number of nitriles is 1. The third-order valence-corrected chi connectivity index (χ3v) is 9.39. The fourth-order valence-electron chi connectivity index (χ4n) is 6.99. The molecular formula is C34H44FN7O2S2. The number of anilines is 2. The van der Waals surface area contributed by atoms with E-state index in [4.69, 9.17) is 14.7 Å². The Hall–Kier alpha value is -3.53. The van der Waals surface area contributed by atoms with E-state index in [0.29, 0.717) is 38.3 Å². The van der Waals surface area contributed by atoms with E-state index in [1.165, 1.54) is 26.9 Å². The number of hydrogen-bond donors (Lipinski definition) is 0. The largest absolute Gasteiger partial charge is 0.462 e. The van der Waals surface area contributed by atoms with Crippen LogP contribution in [0.15, 0.2) is 48.8 Å². The Morgan fingerprint density at radius 2 is 1.87 bits per heavy atom. The highest BCUT2D eigenvalue weighted by atomic mass is 32.1. The van der Waals surface area contributed by atoms with E-state index in [2.05, 4.69) is 77.7 Å². The van der Waals surface area contributed by atoms with Crippen LogP contribution >= 0.6 is 27.0 Å². The Bertz CT molecular complexity index is 1610. The minimum Gasteiger partial charge on any atom is -0.462 e. The molecule has 0 N–H and O–H groups in total. The summed E-state index contributed by atoms with van der Waals surface area (Å²) >= 11 is 0. The van der Waals surface area contributed by atoms with Crippen molar-refractivity contribution in [3.63, 3.8) is 0 Å². The lowest BCUT2D eigenvalue weighted by molar-refractivity contribution is -0.131. The Morgan fingerprint density at radius 1 is 1.09 bits per heavy atom. The topological polar surface area (TPSA) is 88.8 Å². The zero-order chi connectivity index (χ0) is 30.8. The van der Waals surface area contributed by atoms with Gasteiger partial charge in [-0.25, -0.2) is 4.39 Å². The third-order valence-electron chi connectivity index (χ3n) is 9.39. The smallest absolute Gasteiger partial charge is 0.318 e. The number of amides is 1. The fourth-order valence-corrected chi connectivity index (χ4v) is 6.99. The molecule has 6 rings (SSSR count). The van der Waals surface area contributed by atoms with Crippen LogP contribution in [-0.4, -0.2) is 84.1 Å². The minimum atomic E-state index is -1.01. The number of likely N-dealkylation sites (N-methyl/N-ethyl adjacent to an activating group) is 1. The maximum atomic E-state index is 13.8. The van der Waals surface area contributed by atoms with Gasteiger partial charge >= 0.3 is 6.01 Å². The van der Waals surface area contributed by atoms with Gasteiger partial charge in [0.05, 0.1) is 30.8 Å². The van der Waals surface area contributed by atoms with Gasteiger partial charge in [0.1, 0.15) is 12.4 Å². The zero-order valence-corrected chi connectivity index (χ0v) is 28.6. The quantitative estimate of drug-likeness (QED) is 0.315. The molecule has 12 heteroatoms. The van der Waals surface area contributed by atoms with Crippen molar-refractivity contribution in [1.82, 2.24) is 19.8 Å². The minimum absolute atomic E-state index is 0. The second-order valence-corrected chi connectivity index (χ2v) is 12.0. The van der Waals surface area contributed by atoms with Crippen molar-refractivity contribution < 1.29 is 13.9 Å². The predicted octanol–water partition coefficient (Wildman–Crippen LogP) is 4.87. The lowest BCUT2D eigenvalue weighted by Crippen LogP contribution is -2.55. The van der Waals surface area contributed by atoms with Crippen LogP contribution in [0.4, 0.5) is 15.9 Å². The highest BCUT2D eigenvalue weighted by Gasteiger charge is 2.35. The number of nitrogens with zero attached hydrogens (tertiary/aromatic N) is 7. The van der Waals surface area contributed by atoms with Crippen molar-refractivity contribution in [2.24, 2.45) is 0 Å². The van der Waals surface area contributed by atoms with E-state index in [9.17, 15) is 14.4 Å². The summed E-state index contributed by atoms with van der Waals surface area (Å²) in [4.78, 5) is 30.7. The number of aryl methyl sites for hydroxylation is 1. The van der Waals surface area contributed by atoms with E-state index in [0.717, 1.165) is 55.8 Å².